The Morgan fingerprint density at radius 1 is 1.25 bits per heavy atom. The number of nitrogens with one attached hydrogen (secondary N) is 1. The Hall–Kier alpha value is -3.32. The average molecular weight is 481 g/mol. The summed E-state index contributed by atoms with van der Waals surface area (Å²) in [6.45, 7) is 3.30. The van der Waals surface area contributed by atoms with Gasteiger partial charge < -0.3 is 19.1 Å². The number of hydrogen-bond donors (Lipinski definition) is 1. The Morgan fingerprint density at radius 3 is 2.69 bits per heavy atom. The topological polar surface area (TPSA) is 150 Å². The highest BCUT2D eigenvalue weighted by atomic mass is 32.2. The number of hydrogen-bond acceptors (Lipinski definition) is 9. The monoisotopic (exact) mass is 480 g/mol. The van der Waals surface area contributed by atoms with Crippen molar-refractivity contribution in [2.75, 3.05) is 23.4 Å². The number of fused-ring (bicyclic) bond motifs is 1. The van der Waals surface area contributed by atoms with Crippen molar-refractivity contribution in [3.05, 3.63) is 40.9 Å². The molecule has 0 unspecified atom stereocenters. The van der Waals surface area contributed by atoms with Gasteiger partial charge in [-0.15, -0.1) is 0 Å². The third-order valence-electron chi connectivity index (χ3n) is 3.99. The van der Waals surface area contributed by atoms with Crippen molar-refractivity contribution in [1.82, 2.24) is 9.72 Å². The Kier molecular flexibility index (Phi) is 7.20. The number of nitrogens with zero attached hydrogens (tertiary/aromatic N) is 3. The van der Waals surface area contributed by atoms with Gasteiger partial charge in [0.05, 0.1) is 16.8 Å². The van der Waals surface area contributed by atoms with Crippen LogP contribution in [0.1, 0.15) is 12.7 Å². The molecule has 0 aliphatic heterocycles. The summed E-state index contributed by atoms with van der Waals surface area (Å²) in [4.78, 5) is 40.4. The minimum Gasteiger partial charge on any atom is -0.465 e. The first kappa shape index (κ1) is 23.3. The number of amides is 2. The summed E-state index contributed by atoms with van der Waals surface area (Å²) in [5.41, 5.74) is 0.655. The molecule has 2 heterocycles. The van der Waals surface area contributed by atoms with Crippen LogP contribution in [0, 0.1) is 6.92 Å². The van der Waals surface area contributed by atoms with Crippen molar-refractivity contribution >= 4 is 55.0 Å². The number of ether oxygens (including phenoxy) is 1. The average Bonchev–Trinajstić information content (AvgIpc) is 3.24. The lowest BCUT2D eigenvalue weighted by atomic mass is 10.3. The number of benzene rings is 1. The number of sulfone groups is 1. The van der Waals surface area contributed by atoms with Gasteiger partial charge in [0.15, 0.2) is 20.5 Å². The number of rotatable bonds is 8. The molecule has 1 N–H and O–H groups in total. The molecule has 0 saturated carbocycles. The highest BCUT2D eigenvalue weighted by Gasteiger charge is 2.22. The SMILES string of the molecule is CCOC(=O)Cn1c(=NC(=O)CS(=O)(=O)CC(=O)Nc2cc(C)on2)sc2ccccc21. The van der Waals surface area contributed by atoms with Crippen LogP contribution in [-0.2, 0) is 35.5 Å². The molecule has 2 aromatic heterocycles. The van der Waals surface area contributed by atoms with E-state index in [2.05, 4.69) is 15.5 Å². The predicted molar refractivity (Wildman–Crippen MR) is 116 cm³/mol. The van der Waals surface area contributed by atoms with Crippen LogP contribution in [-0.4, -0.2) is 54.0 Å². The highest BCUT2D eigenvalue weighted by molar-refractivity contribution is 7.92. The smallest absolute Gasteiger partial charge is 0.326 e. The highest BCUT2D eigenvalue weighted by Crippen LogP contribution is 2.17. The van der Waals surface area contributed by atoms with E-state index >= 15 is 0 Å². The van der Waals surface area contributed by atoms with E-state index < -0.39 is 39.1 Å². The predicted octanol–water partition coefficient (Wildman–Crippen LogP) is 1.04. The molecule has 0 aliphatic rings. The molecular formula is C19H20N4O7S2. The zero-order valence-corrected chi connectivity index (χ0v) is 18.9. The van der Waals surface area contributed by atoms with E-state index in [4.69, 9.17) is 9.26 Å². The van der Waals surface area contributed by atoms with Gasteiger partial charge in [0.2, 0.25) is 5.91 Å². The fourth-order valence-electron chi connectivity index (χ4n) is 2.78. The molecule has 3 aromatic rings. The number of anilines is 1. The molecule has 2 amide bonds. The van der Waals surface area contributed by atoms with Crippen LogP contribution in [0.4, 0.5) is 5.82 Å². The summed E-state index contributed by atoms with van der Waals surface area (Å²) in [7, 11) is -4.10. The molecule has 1 aromatic carbocycles. The van der Waals surface area contributed by atoms with Crippen molar-refractivity contribution in [2.24, 2.45) is 4.99 Å². The summed E-state index contributed by atoms with van der Waals surface area (Å²) < 4.78 is 36.6. The molecule has 0 atom stereocenters. The lowest BCUT2D eigenvalue weighted by molar-refractivity contribution is -0.143. The minimum atomic E-state index is -4.10. The molecule has 3 rings (SSSR count). The Balaban J connectivity index is 1.78. The van der Waals surface area contributed by atoms with Crippen molar-refractivity contribution < 1.29 is 32.1 Å². The van der Waals surface area contributed by atoms with Gasteiger partial charge in [-0.2, -0.15) is 4.99 Å². The summed E-state index contributed by atoms with van der Waals surface area (Å²) >= 11 is 1.13. The van der Waals surface area contributed by atoms with E-state index in [9.17, 15) is 22.8 Å². The van der Waals surface area contributed by atoms with Gasteiger partial charge >= 0.3 is 5.97 Å². The van der Waals surface area contributed by atoms with Crippen molar-refractivity contribution in [2.45, 2.75) is 20.4 Å². The number of carbonyl (C=O) groups excluding carboxylic acids is 3. The van der Waals surface area contributed by atoms with Gasteiger partial charge in [-0.25, -0.2) is 8.42 Å². The van der Waals surface area contributed by atoms with E-state index in [1.165, 1.54) is 10.6 Å². The molecule has 32 heavy (non-hydrogen) atoms. The molecule has 0 spiro atoms. The first-order valence-electron chi connectivity index (χ1n) is 9.42. The fourth-order valence-corrected chi connectivity index (χ4v) is 4.84. The van der Waals surface area contributed by atoms with E-state index in [0.29, 0.717) is 11.3 Å². The second kappa shape index (κ2) is 9.87. The van der Waals surface area contributed by atoms with Crippen LogP contribution in [0.15, 0.2) is 39.8 Å². The first-order valence-corrected chi connectivity index (χ1v) is 12.1. The van der Waals surface area contributed by atoms with Crippen molar-refractivity contribution in [3.8, 4) is 0 Å². The Labute approximate surface area is 186 Å². The molecule has 11 nitrogen and oxygen atoms in total. The van der Waals surface area contributed by atoms with Crippen LogP contribution in [0.2, 0.25) is 0 Å². The van der Waals surface area contributed by atoms with Crippen molar-refractivity contribution in [3.63, 3.8) is 0 Å². The first-order chi connectivity index (χ1) is 15.2. The minimum absolute atomic E-state index is 0.0731. The molecule has 0 aliphatic carbocycles. The third kappa shape index (κ3) is 6.11. The van der Waals surface area contributed by atoms with E-state index in [1.807, 2.05) is 0 Å². The van der Waals surface area contributed by atoms with Crippen LogP contribution >= 0.6 is 11.3 Å². The third-order valence-corrected chi connectivity index (χ3v) is 6.44. The second-order valence-electron chi connectivity index (χ2n) is 6.65. The molecule has 170 valence electrons. The largest absolute Gasteiger partial charge is 0.465 e. The lowest BCUT2D eigenvalue weighted by Gasteiger charge is -2.05. The molecule has 0 bridgehead atoms. The van der Waals surface area contributed by atoms with Crippen LogP contribution in [0.3, 0.4) is 0 Å². The van der Waals surface area contributed by atoms with Gasteiger partial charge in [-0.3, -0.25) is 14.4 Å². The number of aromatic nitrogens is 2. The normalized spacial score (nSPS) is 12.1. The quantitative estimate of drug-likeness (QED) is 0.470. The van der Waals surface area contributed by atoms with E-state index in [1.54, 1.807) is 38.1 Å². The van der Waals surface area contributed by atoms with Gasteiger partial charge in [0.1, 0.15) is 23.8 Å². The number of aryl methyl sites for hydroxylation is 1. The summed E-state index contributed by atoms with van der Waals surface area (Å²) in [6.07, 6.45) is 0. The van der Waals surface area contributed by atoms with Crippen molar-refractivity contribution in [1.29, 1.82) is 0 Å². The van der Waals surface area contributed by atoms with Crippen LogP contribution < -0.4 is 10.1 Å². The van der Waals surface area contributed by atoms with E-state index in [-0.39, 0.29) is 23.8 Å². The number of carbonyl (C=O) groups is 3. The number of esters is 1. The molecule has 13 heteroatoms. The molecule has 0 fully saturated rings. The molecule has 0 radical (unpaired) electrons. The summed E-state index contributed by atoms with van der Waals surface area (Å²) in [5.74, 6) is -3.70. The van der Waals surface area contributed by atoms with Gasteiger partial charge in [-0.05, 0) is 26.0 Å². The zero-order chi connectivity index (χ0) is 23.3. The lowest BCUT2D eigenvalue weighted by Crippen LogP contribution is -2.28. The summed E-state index contributed by atoms with van der Waals surface area (Å²) in [6, 6.07) is 8.52. The van der Waals surface area contributed by atoms with Gasteiger partial charge in [0.25, 0.3) is 5.91 Å². The molecular weight excluding hydrogens is 460 g/mol. The van der Waals surface area contributed by atoms with Gasteiger partial charge in [0, 0.05) is 6.07 Å². The maximum atomic E-state index is 12.4. The zero-order valence-electron chi connectivity index (χ0n) is 17.2. The van der Waals surface area contributed by atoms with Crippen LogP contribution in [0.5, 0.6) is 0 Å². The molecule has 0 saturated heterocycles. The van der Waals surface area contributed by atoms with Gasteiger partial charge in [-0.1, -0.05) is 28.6 Å². The maximum absolute atomic E-state index is 12.4. The fraction of sp³-hybridized carbons (Fsp3) is 0.316. The number of thiazole rings is 1. The second-order valence-corrected chi connectivity index (χ2v) is 9.73. The number of para-hydroxylation sites is 1. The van der Waals surface area contributed by atoms with Crippen LogP contribution in [0.25, 0.3) is 10.2 Å². The standard InChI is InChI=1S/C19H20N4O7S2/c1-3-29-18(26)9-23-13-6-4-5-7-14(13)31-19(23)21-17(25)11-32(27,28)10-16(24)20-15-8-12(2)30-22-15/h4-8H,3,9-11H2,1-2H3,(H,20,22,24). The maximum Gasteiger partial charge on any atom is 0.326 e. The van der Waals surface area contributed by atoms with E-state index in [0.717, 1.165) is 16.0 Å². The Bertz CT molecular complexity index is 1330. The summed E-state index contributed by atoms with van der Waals surface area (Å²) in [5, 5.41) is 5.83. The Morgan fingerprint density at radius 2 is 2.00 bits per heavy atom.